The molecule has 1 heterocycles. The second-order valence-electron chi connectivity index (χ2n) is 6.11. The average Bonchev–Trinajstić information content (AvgIpc) is 2.49. The summed E-state index contributed by atoms with van der Waals surface area (Å²) in [5.41, 5.74) is 3.87. The molecule has 0 fully saturated rings. The lowest BCUT2D eigenvalue weighted by Crippen LogP contribution is -2.25. The van der Waals surface area contributed by atoms with Crippen LogP contribution in [0.1, 0.15) is 42.1 Å². The molecule has 1 aromatic carbocycles. The predicted molar refractivity (Wildman–Crippen MR) is 88.3 cm³/mol. The van der Waals surface area contributed by atoms with Crippen LogP contribution in [0, 0.1) is 0 Å². The topological polar surface area (TPSA) is 33.1 Å². The van der Waals surface area contributed by atoms with Gasteiger partial charge in [0.15, 0.2) is 0 Å². The van der Waals surface area contributed by atoms with Gasteiger partial charge < -0.3 is 5.11 Å². The normalized spacial score (nSPS) is 17.1. The van der Waals surface area contributed by atoms with Gasteiger partial charge in [-0.15, -0.1) is 0 Å². The first kappa shape index (κ1) is 14.7. The van der Waals surface area contributed by atoms with E-state index in [4.69, 9.17) is 0 Å². The number of nitrogens with zero attached hydrogens (tertiary/aromatic N) is 1. The second-order valence-corrected chi connectivity index (χ2v) is 7.02. The SMILES string of the molecule is CC(O)(Cc1ccc(Br)cn1)c1ccc2c(c1)CCCC2. The van der Waals surface area contributed by atoms with Crippen molar-refractivity contribution in [2.75, 3.05) is 0 Å². The Hall–Kier alpha value is -1.19. The van der Waals surface area contributed by atoms with Crippen LogP contribution in [0.5, 0.6) is 0 Å². The van der Waals surface area contributed by atoms with Crippen molar-refractivity contribution in [2.24, 2.45) is 0 Å². The van der Waals surface area contributed by atoms with Gasteiger partial charge in [0.05, 0.1) is 5.60 Å². The van der Waals surface area contributed by atoms with Crippen molar-refractivity contribution in [1.29, 1.82) is 0 Å². The zero-order valence-corrected chi connectivity index (χ0v) is 13.9. The Kier molecular flexibility index (Phi) is 4.14. The summed E-state index contributed by atoms with van der Waals surface area (Å²) in [4.78, 5) is 4.37. The minimum atomic E-state index is -0.882. The lowest BCUT2D eigenvalue weighted by atomic mass is 9.84. The van der Waals surface area contributed by atoms with Gasteiger partial charge in [0.25, 0.3) is 0 Å². The Morgan fingerprint density at radius 2 is 1.90 bits per heavy atom. The lowest BCUT2D eigenvalue weighted by Gasteiger charge is -2.26. The Balaban J connectivity index is 1.85. The maximum atomic E-state index is 10.9. The van der Waals surface area contributed by atoms with Crippen molar-refractivity contribution in [3.05, 3.63) is 63.4 Å². The zero-order valence-electron chi connectivity index (χ0n) is 12.3. The number of halogens is 1. The molecule has 1 aliphatic carbocycles. The average molecular weight is 346 g/mol. The summed E-state index contributed by atoms with van der Waals surface area (Å²) < 4.78 is 0.958. The Morgan fingerprint density at radius 3 is 2.62 bits per heavy atom. The molecule has 2 nitrogen and oxygen atoms in total. The highest BCUT2D eigenvalue weighted by atomic mass is 79.9. The molecule has 0 saturated carbocycles. The van der Waals surface area contributed by atoms with E-state index in [0.29, 0.717) is 6.42 Å². The number of aliphatic hydroxyl groups is 1. The molecule has 0 spiro atoms. The van der Waals surface area contributed by atoms with Gasteiger partial charge in [0, 0.05) is 22.8 Å². The standard InChI is InChI=1S/C18H20BrNO/c1-18(21,11-17-9-8-16(19)12-20-17)15-7-6-13-4-2-3-5-14(13)10-15/h6-10,12,21H,2-5,11H2,1H3. The summed E-state index contributed by atoms with van der Waals surface area (Å²) in [6, 6.07) is 10.4. The number of fused-ring (bicyclic) bond motifs is 1. The van der Waals surface area contributed by atoms with Gasteiger partial charge >= 0.3 is 0 Å². The van der Waals surface area contributed by atoms with E-state index in [1.165, 1.54) is 30.4 Å². The molecule has 1 N–H and O–H groups in total. The first-order valence-electron chi connectivity index (χ1n) is 7.50. The van der Waals surface area contributed by atoms with Crippen molar-refractivity contribution in [2.45, 2.75) is 44.6 Å². The monoisotopic (exact) mass is 345 g/mol. The van der Waals surface area contributed by atoms with E-state index in [-0.39, 0.29) is 0 Å². The number of benzene rings is 1. The summed E-state index contributed by atoms with van der Waals surface area (Å²) in [6.45, 7) is 1.88. The third kappa shape index (κ3) is 3.35. The Bertz CT molecular complexity index is 634. The van der Waals surface area contributed by atoms with E-state index in [9.17, 15) is 5.11 Å². The molecule has 0 bridgehead atoms. The van der Waals surface area contributed by atoms with E-state index in [0.717, 1.165) is 22.2 Å². The van der Waals surface area contributed by atoms with E-state index < -0.39 is 5.60 Å². The highest BCUT2D eigenvalue weighted by Crippen LogP contribution is 2.29. The van der Waals surface area contributed by atoms with Crippen LogP contribution in [0.3, 0.4) is 0 Å². The maximum absolute atomic E-state index is 10.9. The molecule has 3 rings (SSSR count). The molecule has 21 heavy (non-hydrogen) atoms. The molecule has 0 aliphatic heterocycles. The van der Waals surface area contributed by atoms with E-state index in [1.54, 1.807) is 6.20 Å². The van der Waals surface area contributed by atoms with Crippen LogP contribution in [0.2, 0.25) is 0 Å². The van der Waals surface area contributed by atoms with E-state index in [1.807, 2.05) is 19.1 Å². The molecular weight excluding hydrogens is 326 g/mol. The fourth-order valence-corrected chi connectivity index (χ4v) is 3.27. The molecule has 0 radical (unpaired) electrons. The number of aromatic nitrogens is 1. The van der Waals surface area contributed by atoms with Gasteiger partial charge in [-0.2, -0.15) is 0 Å². The smallest absolute Gasteiger partial charge is 0.0923 e. The zero-order chi connectivity index (χ0) is 14.9. The van der Waals surface area contributed by atoms with Gasteiger partial charge in [-0.1, -0.05) is 18.2 Å². The van der Waals surface area contributed by atoms with Crippen LogP contribution in [-0.4, -0.2) is 10.1 Å². The molecule has 1 unspecified atom stereocenters. The highest BCUT2D eigenvalue weighted by molar-refractivity contribution is 9.10. The van der Waals surface area contributed by atoms with Crippen LogP contribution in [0.25, 0.3) is 0 Å². The lowest BCUT2D eigenvalue weighted by molar-refractivity contribution is 0.0565. The maximum Gasteiger partial charge on any atom is 0.0923 e. The first-order valence-corrected chi connectivity index (χ1v) is 8.29. The third-order valence-electron chi connectivity index (χ3n) is 4.28. The van der Waals surface area contributed by atoms with Gasteiger partial charge in [0.1, 0.15) is 0 Å². The van der Waals surface area contributed by atoms with Gasteiger partial charge in [-0.3, -0.25) is 4.98 Å². The van der Waals surface area contributed by atoms with Crippen molar-refractivity contribution < 1.29 is 5.11 Å². The third-order valence-corrected chi connectivity index (χ3v) is 4.75. The fourth-order valence-electron chi connectivity index (χ4n) is 3.03. The van der Waals surface area contributed by atoms with Gasteiger partial charge in [0.2, 0.25) is 0 Å². The number of hydrogen-bond acceptors (Lipinski definition) is 2. The van der Waals surface area contributed by atoms with Crippen LogP contribution in [0.4, 0.5) is 0 Å². The number of rotatable bonds is 3. The molecule has 110 valence electrons. The minimum absolute atomic E-state index is 0.527. The molecule has 3 heteroatoms. The van der Waals surface area contributed by atoms with E-state index in [2.05, 4.69) is 39.1 Å². The molecule has 2 aromatic rings. The number of hydrogen-bond donors (Lipinski definition) is 1. The quantitative estimate of drug-likeness (QED) is 0.905. The molecule has 0 saturated heterocycles. The largest absolute Gasteiger partial charge is 0.385 e. The summed E-state index contributed by atoms with van der Waals surface area (Å²) in [5.74, 6) is 0. The second kappa shape index (κ2) is 5.90. The van der Waals surface area contributed by atoms with Crippen molar-refractivity contribution >= 4 is 15.9 Å². The summed E-state index contributed by atoms with van der Waals surface area (Å²) >= 11 is 3.39. The van der Waals surface area contributed by atoms with Crippen molar-refractivity contribution in [1.82, 2.24) is 4.98 Å². The summed E-state index contributed by atoms with van der Waals surface area (Å²) in [7, 11) is 0. The molecule has 0 amide bonds. The minimum Gasteiger partial charge on any atom is -0.385 e. The molecule has 1 aromatic heterocycles. The Morgan fingerprint density at radius 1 is 1.14 bits per heavy atom. The molecule has 1 atom stereocenters. The number of aryl methyl sites for hydroxylation is 2. The predicted octanol–water partition coefficient (Wildman–Crippen LogP) is 4.17. The summed E-state index contributed by atoms with van der Waals surface area (Å²) in [5, 5.41) is 10.9. The molecular formula is C18H20BrNO. The van der Waals surface area contributed by atoms with E-state index >= 15 is 0 Å². The van der Waals surface area contributed by atoms with Crippen molar-refractivity contribution in [3.63, 3.8) is 0 Å². The van der Waals surface area contributed by atoms with Gasteiger partial charge in [-0.05, 0) is 77.4 Å². The van der Waals surface area contributed by atoms with Crippen LogP contribution in [-0.2, 0) is 24.9 Å². The van der Waals surface area contributed by atoms with Crippen LogP contribution >= 0.6 is 15.9 Å². The summed E-state index contributed by atoms with van der Waals surface area (Å²) in [6.07, 6.45) is 7.15. The number of pyridine rings is 1. The Labute approximate surface area is 134 Å². The molecule has 1 aliphatic rings. The van der Waals surface area contributed by atoms with Gasteiger partial charge in [-0.25, -0.2) is 0 Å². The highest BCUT2D eigenvalue weighted by Gasteiger charge is 2.25. The fraction of sp³-hybridized carbons (Fsp3) is 0.389. The first-order chi connectivity index (χ1) is 10.0. The van der Waals surface area contributed by atoms with Crippen molar-refractivity contribution in [3.8, 4) is 0 Å². The van der Waals surface area contributed by atoms with Crippen LogP contribution in [0.15, 0.2) is 41.0 Å². The van der Waals surface area contributed by atoms with Crippen LogP contribution < -0.4 is 0 Å².